The number of urea groups is 1. The van der Waals surface area contributed by atoms with Gasteiger partial charge in [-0.15, -0.1) is 19.2 Å². The van der Waals surface area contributed by atoms with E-state index in [9.17, 15) is 14.0 Å². The Hall–Kier alpha value is -4.16. The van der Waals surface area contributed by atoms with E-state index < -0.39 is 35.0 Å². The highest BCUT2D eigenvalue weighted by molar-refractivity contribution is 7.84. The van der Waals surface area contributed by atoms with E-state index >= 15 is 0 Å². The number of aromatic nitrogens is 3. The maximum Gasteiger partial charge on any atom is 0.331 e. The highest BCUT2D eigenvalue weighted by Gasteiger charge is 2.43. The first-order valence-electron chi connectivity index (χ1n) is 15.3. The lowest BCUT2D eigenvalue weighted by Crippen LogP contribution is -2.58. The lowest BCUT2D eigenvalue weighted by atomic mass is 9.97. The van der Waals surface area contributed by atoms with Gasteiger partial charge in [-0.05, 0) is 71.2 Å². The molecule has 2 aromatic carbocycles. The molecule has 12 heteroatoms. The van der Waals surface area contributed by atoms with Crippen LogP contribution in [-0.2, 0) is 26.4 Å². The Balaban J connectivity index is 1.99. The topological polar surface area (TPSA) is 99.0 Å². The highest BCUT2D eigenvalue weighted by Crippen LogP contribution is 2.33. The van der Waals surface area contributed by atoms with Crippen molar-refractivity contribution in [1.82, 2.24) is 24.8 Å². The van der Waals surface area contributed by atoms with Gasteiger partial charge >= 0.3 is 12.0 Å². The lowest BCUT2D eigenvalue weighted by Gasteiger charge is -2.41. The molecule has 0 aliphatic rings. The van der Waals surface area contributed by atoms with Crippen molar-refractivity contribution in [3.05, 3.63) is 102 Å². The molecule has 0 bridgehead atoms. The number of nitrogens with zero attached hydrogens (tertiary/aromatic N) is 5. The average molecular weight is 668 g/mol. The van der Waals surface area contributed by atoms with Crippen LogP contribution in [0.2, 0.25) is 0 Å². The van der Waals surface area contributed by atoms with Crippen LogP contribution in [0.25, 0.3) is 0 Å². The Bertz CT molecular complexity index is 1510. The quantitative estimate of drug-likeness (QED) is 0.0948. The Labute approximate surface area is 282 Å². The first kappa shape index (κ1) is 37.3. The van der Waals surface area contributed by atoms with E-state index in [1.807, 2.05) is 51.1 Å². The smallest absolute Gasteiger partial charge is 0.331 e. The van der Waals surface area contributed by atoms with Gasteiger partial charge in [0.15, 0.2) is 0 Å². The zero-order valence-corrected chi connectivity index (χ0v) is 29.0. The van der Waals surface area contributed by atoms with Crippen molar-refractivity contribution in [1.29, 1.82) is 0 Å². The van der Waals surface area contributed by atoms with Crippen molar-refractivity contribution in [2.45, 2.75) is 71.2 Å². The minimum Gasteiger partial charge on any atom is -0.496 e. The first-order valence-corrected chi connectivity index (χ1v) is 15.8. The second-order valence-electron chi connectivity index (χ2n) is 12.4. The molecular formula is C35H46FN5O5S. The molecule has 3 aromatic rings. The molecule has 0 unspecified atom stereocenters. The predicted octanol–water partition coefficient (Wildman–Crippen LogP) is 6.92. The summed E-state index contributed by atoms with van der Waals surface area (Å²) in [6, 6.07) is 12.8. The molecule has 0 radical (unpaired) electrons. The summed E-state index contributed by atoms with van der Waals surface area (Å²) in [6.07, 6.45) is 3.25. The lowest BCUT2D eigenvalue weighted by molar-refractivity contribution is -0.156. The van der Waals surface area contributed by atoms with Gasteiger partial charge in [-0.1, -0.05) is 42.5 Å². The number of halogens is 1. The van der Waals surface area contributed by atoms with Gasteiger partial charge in [0.25, 0.3) is 0 Å². The molecule has 0 spiro atoms. The summed E-state index contributed by atoms with van der Waals surface area (Å²) in [5, 5.41) is 8.66. The molecular weight excluding hydrogens is 621 g/mol. The number of methoxy groups -OCH3 is 1. The van der Waals surface area contributed by atoms with Crippen molar-refractivity contribution < 1.29 is 28.2 Å². The Morgan fingerprint density at radius 1 is 1.06 bits per heavy atom. The molecule has 254 valence electrons. The number of benzene rings is 2. The second kappa shape index (κ2) is 16.6. The second-order valence-corrected chi connectivity index (χ2v) is 12.9. The van der Waals surface area contributed by atoms with Crippen LogP contribution < -0.4 is 4.74 Å². The summed E-state index contributed by atoms with van der Waals surface area (Å²) in [5.41, 5.74) is 0.0640. The van der Waals surface area contributed by atoms with Crippen LogP contribution in [0.15, 0.2) is 84.7 Å². The van der Waals surface area contributed by atoms with Crippen LogP contribution in [-0.4, -0.2) is 69.1 Å². The van der Waals surface area contributed by atoms with Crippen LogP contribution in [0, 0.1) is 5.82 Å². The van der Waals surface area contributed by atoms with Crippen molar-refractivity contribution in [2.24, 2.45) is 0 Å². The van der Waals surface area contributed by atoms with Crippen LogP contribution in [0.5, 0.6) is 5.75 Å². The zero-order valence-electron chi connectivity index (χ0n) is 28.1. The molecule has 3 rings (SSSR count). The Morgan fingerprint density at radius 2 is 1.72 bits per heavy atom. The SMILES string of the molecule is C=C(C)CCO[C@@H](CN(C(=C)S)C(=O)N(CCC(C)(C)n1nccn1)C(C)(C)C(=O)OCc1ccccc1)c1cc(F)ccc1OC. The third-order valence-electron chi connectivity index (χ3n) is 7.80. The minimum atomic E-state index is -1.44. The Morgan fingerprint density at radius 3 is 2.32 bits per heavy atom. The molecule has 0 aliphatic heterocycles. The van der Waals surface area contributed by atoms with Gasteiger partial charge < -0.3 is 19.1 Å². The molecule has 1 aromatic heterocycles. The molecule has 0 N–H and O–H groups in total. The summed E-state index contributed by atoms with van der Waals surface area (Å²) in [4.78, 5) is 32.6. The number of esters is 1. The van der Waals surface area contributed by atoms with E-state index in [2.05, 4.69) is 36.0 Å². The average Bonchev–Trinajstić information content (AvgIpc) is 3.58. The number of amides is 2. The zero-order chi connectivity index (χ0) is 34.8. The van der Waals surface area contributed by atoms with Gasteiger partial charge in [0.1, 0.15) is 29.8 Å². The molecule has 1 atom stereocenters. The van der Waals surface area contributed by atoms with Gasteiger partial charge in [-0.25, -0.2) is 14.0 Å². The van der Waals surface area contributed by atoms with Crippen LogP contribution in [0.1, 0.15) is 64.7 Å². The predicted molar refractivity (Wildman–Crippen MR) is 182 cm³/mol. The monoisotopic (exact) mass is 667 g/mol. The molecule has 2 amide bonds. The number of rotatable bonds is 17. The van der Waals surface area contributed by atoms with Crippen LogP contribution in [0.3, 0.4) is 0 Å². The molecule has 47 heavy (non-hydrogen) atoms. The fourth-order valence-electron chi connectivity index (χ4n) is 4.82. The molecule has 0 saturated carbocycles. The number of carbonyl (C=O) groups excluding carboxylic acids is 2. The van der Waals surface area contributed by atoms with Crippen molar-refractivity contribution in [3.63, 3.8) is 0 Å². The van der Waals surface area contributed by atoms with Gasteiger partial charge in [-0.3, -0.25) is 4.90 Å². The third-order valence-corrected chi connectivity index (χ3v) is 8.04. The maximum atomic E-state index is 14.6. The molecule has 0 saturated heterocycles. The standard InChI is InChI=1S/C35H46FN5O5S/c1-25(2)16-21-45-31(29-22-28(36)14-15-30(29)44-8)23-39(26(3)47)33(43)40(20-17-34(4,5)41-37-18-19-38-41)35(6,7)32(42)46-24-27-12-10-9-11-13-27/h9-15,18-19,22,31,47H,1,3,16-17,20-21,23-24H2,2,4-8H3/t31-/m0/s1. The van der Waals surface area contributed by atoms with Gasteiger partial charge in [0.2, 0.25) is 0 Å². The number of thiol groups is 1. The van der Waals surface area contributed by atoms with E-state index in [-0.39, 0.29) is 31.3 Å². The number of carbonyl (C=O) groups is 2. The fraction of sp³-hybridized carbons (Fsp3) is 0.429. The van der Waals surface area contributed by atoms with Gasteiger partial charge in [-0.2, -0.15) is 15.0 Å². The third kappa shape index (κ3) is 10.2. The van der Waals surface area contributed by atoms with E-state index in [4.69, 9.17) is 14.2 Å². The molecule has 1 heterocycles. The fourth-order valence-corrected chi connectivity index (χ4v) is 4.98. The minimum absolute atomic E-state index is 0.0365. The maximum absolute atomic E-state index is 14.6. The van der Waals surface area contributed by atoms with Crippen LogP contribution in [0.4, 0.5) is 9.18 Å². The van der Waals surface area contributed by atoms with Crippen molar-refractivity contribution in [3.8, 4) is 5.75 Å². The van der Waals surface area contributed by atoms with Gasteiger partial charge in [0.05, 0.1) is 43.2 Å². The van der Waals surface area contributed by atoms with E-state index in [0.29, 0.717) is 24.2 Å². The normalized spacial score (nSPS) is 12.3. The van der Waals surface area contributed by atoms with E-state index in [1.54, 1.807) is 31.0 Å². The first-order chi connectivity index (χ1) is 22.2. The van der Waals surface area contributed by atoms with E-state index in [0.717, 1.165) is 11.1 Å². The van der Waals surface area contributed by atoms with Crippen molar-refractivity contribution in [2.75, 3.05) is 26.8 Å². The Kier molecular flexibility index (Phi) is 13.2. The summed E-state index contributed by atoms with van der Waals surface area (Å²) < 4.78 is 32.0. The molecule has 10 nitrogen and oxygen atoms in total. The van der Waals surface area contributed by atoms with E-state index in [1.165, 1.54) is 35.1 Å². The summed E-state index contributed by atoms with van der Waals surface area (Å²) in [5.74, 6) is -0.704. The van der Waals surface area contributed by atoms with Crippen molar-refractivity contribution >= 4 is 24.6 Å². The molecule has 0 aliphatic carbocycles. The number of hydrogen-bond acceptors (Lipinski definition) is 8. The largest absolute Gasteiger partial charge is 0.496 e. The number of hydrogen-bond donors (Lipinski definition) is 1. The summed E-state index contributed by atoms with van der Waals surface area (Å²) in [7, 11) is 1.48. The van der Waals surface area contributed by atoms with Gasteiger partial charge in [0, 0.05) is 12.1 Å². The van der Waals surface area contributed by atoms with Crippen LogP contribution >= 0.6 is 12.6 Å². The highest BCUT2D eigenvalue weighted by atomic mass is 32.1. The summed E-state index contributed by atoms with van der Waals surface area (Å²) in [6.45, 7) is 17.2. The molecule has 0 fully saturated rings. The summed E-state index contributed by atoms with van der Waals surface area (Å²) >= 11 is 4.49. The number of ether oxygens (including phenoxy) is 3.